The van der Waals surface area contributed by atoms with E-state index in [1.54, 1.807) is 16.7 Å². The van der Waals surface area contributed by atoms with Gasteiger partial charge in [-0.05, 0) is 30.3 Å². The second kappa shape index (κ2) is 5.27. The van der Waals surface area contributed by atoms with Gasteiger partial charge in [0.1, 0.15) is 6.04 Å². The predicted octanol–water partition coefficient (Wildman–Crippen LogP) is 1.78. The maximum atomic E-state index is 11.9. The third-order valence-corrected chi connectivity index (χ3v) is 4.75. The van der Waals surface area contributed by atoms with Crippen molar-refractivity contribution in [3.05, 3.63) is 23.0 Å². The SMILES string of the molecule is CC(C)C(C(N)=O)n1c(=S)[nH]c2c(S(C)(=O)=O)cccc21. The fraction of sp³-hybridized carbons (Fsp3) is 0.385. The van der Waals surface area contributed by atoms with Gasteiger partial charge < -0.3 is 15.3 Å². The van der Waals surface area contributed by atoms with E-state index in [4.69, 9.17) is 18.0 Å². The lowest BCUT2D eigenvalue weighted by molar-refractivity contribution is -0.122. The number of sulfone groups is 1. The number of carbonyl (C=O) groups excluding carboxylic acids is 1. The molecule has 0 saturated heterocycles. The standard InChI is InChI=1S/C13H17N3O3S2/c1-7(2)11(12(14)17)16-8-5-4-6-9(21(3,18)19)10(8)15-13(16)20/h4-7,11H,1-3H3,(H2,14,17)(H,15,20). The van der Waals surface area contributed by atoms with Gasteiger partial charge in [-0.3, -0.25) is 4.79 Å². The first-order chi connectivity index (χ1) is 9.64. The number of nitrogens with one attached hydrogen (secondary N) is 1. The Balaban J connectivity index is 2.88. The molecule has 1 atom stereocenters. The summed E-state index contributed by atoms with van der Waals surface area (Å²) in [6.07, 6.45) is 1.13. The van der Waals surface area contributed by atoms with Crippen molar-refractivity contribution in [3.8, 4) is 0 Å². The van der Waals surface area contributed by atoms with Gasteiger partial charge in [0, 0.05) is 6.26 Å². The highest BCUT2D eigenvalue weighted by atomic mass is 32.2. The average molecular weight is 327 g/mol. The smallest absolute Gasteiger partial charge is 0.240 e. The van der Waals surface area contributed by atoms with Crippen LogP contribution in [0.4, 0.5) is 0 Å². The normalized spacial score (nSPS) is 13.7. The number of imidazole rings is 1. The van der Waals surface area contributed by atoms with Crippen molar-refractivity contribution < 1.29 is 13.2 Å². The number of H-pyrrole nitrogens is 1. The molecule has 1 amide bonds. The van der Waals surface area contributed by atoms with Gasteiger partial charge >= 0.3 is 0 Å². The first-order valence-electron chi connectivity index (χ1n) is 6.37. The van der Waals surface area contributed by atoms with Crippen molar-refractivity contribution in [2.45, 2.75) is 24.8 Å². The molecule has 0 saturated carbocycles. The zero-order valence-corrected chi connectivity index (χ0v) is 13.6. The number of primary amides is 1. The molecule has 6 nitrogen and oxygen atoms in total. The zero-order chi connectivity index (χ0) is 15.9. The number of nitrogens with zero attached hydrogens (tertiary/aromatic N) is 1. The van der Waals surface area contributed by atoms with E-state index in [0.29, 0.717) is 11.0 Å². The van der Waals surface area contributed by atoms with E-state index in [0.717, 1.165) is 6.26 Å². The Kier molecular flexibility index (Phi) is 3.94. The Morgan fingerprint density at radius 2 is 2.00 bits per heavy atom. The molecule has 2 rings (SSSR count). The molecule has 0 bridgehead atoms. The lowest BCUT2D eigenvalue weighted by Crippen LogP contribution is -2.30. The van der Waals surface area contributed by atoms with Gasteiger partial charge in [-0.25, -0.2) is 8.42 Å². The topological polar surface area (TPSA) is 97.9 Å². The third kappa shape index (κ3) is 2.73. The maximum absolute atomic E-state index is 11.9. The van der Waals surface area contributed by atoms with Gasteiger partial charge in [0.05, 0.1) is 15.9 Å². The van der Waals surface area contributed by atoms with Crippen LogP contribution in [0.25, 0.3) is 11.0 Å². The summed E-state index contributed by atoms with van der Waals surface area (Å²) in [5, 5.41) is 0. The van der Waals surface area contributed by atoms with Crippen molar-refractivity contribution >= 4 is 39.0 Å². The Hall–Kier alpha value is -1.67. The molecule has 2 aromatic rings. The van der Waals surface area contributed by atoms with E-state index in [1.807, 2.05) is 13.8 Å². The van der Waals surface area contributed by atoms with Crippen LogP contribution in [0.2, 0.25) is 0 Å². The van der Waals surface area contributed by atoms with Crippen molar-refractivity contribution in [2.24, 2.45) is 11.7 Å². The molecule has 3 N–H and O–H groups in total. The summed E-state index contributed by atoms with van der Waals surface area (Å²) in [5.41, 5.74) is 6.43. The second-order valence-corrected chi connectivity index (χ2v) is 7.68. The third-order valence-electron chi connectivity index (χ3n) is 3.32. The molecule has 1 unspecified atom stereocenters. The summed E-state index contributed by atoms with van der Waals surface area (Å²) in [7, 11) is -3.41. The number of hydrogen-bond acceptors (Lipinski definition) is 4. The molecule has 1 aromatic carbocycles. The fourth-order valence-corrected chi connectivity index (χ4v) is 3.63. The van der Waals surface area contributed by atoms with E-state index >= 15 is 0 Å². The van der Waals surface area contributed by atoms with Crippen LogP contribution in [0.1, 0.15) is 19.9 Å². The summed E-state index contributed by atoms with van der Waals surface area (Å²) in [5.74, 6) is -0.582. The van der Waals surface area contributed by atoms with E-state index in [-0.39, 0.29) is 15.6 Å². The van der Waals surface area contributed by atoms with Gasteiger partial charge in [0.15, 0.2) is 14.6 Å². The molecule has 1 aromatic heterocycles. The van der Waals surface area contributed by atoms with Crippen LogP contribution in [0.3, 0.4) is 0 Å². The van der Waals surface area contributed by atoms with Crippen LogP contribution in [-0.2, 0) is 14.6 Å². The number of aromatic nitrogens is 2. The minimum Gasteiger partial charge on any atom is -0.368 e. The highest BCUT2D eigenvalue weighted by Crippen LogP contribution is 2.28. The number of benzene rings is 1. The molecule has 0 aliphatic carbocycles. The van der Waals surface area contributed by atoms with Gasteiger partial charge in [-0.2, -0.15) is 0 Å². The zero-order valence-electron chi connectivity index (χ0n) is 12.0. The lowest BCUT2D eigenvalue weighted by Gasteiger charge is -2.19. The Bertz CT molecular complexity index is 862. The van der Waals surface area contributed by atoms with E-state index in [1.165, 1.54) is 6.07 Å². The summed E-state index contributed by atoms with van der Waals surface area (Å²) < 4.78 is 25.6. The molecule has 21 heavy (non-hydrogen) atoms. The van der Waals surface area contributed by atoms with Crippen LogP contribution in [0, 0.1) is 10.7 Å². The summed E-state index contributed by atoms with van der Waals surface area (Å²) in [4.78, 5) is 14.8. The van der Waals surface area contributed by atoms with Crippen molar-refractivity contribution in [2.75, 3.05) is 6.26 Å². The highest BCUT2D eigenvalue weighted by molar-refractivity contribution is 7.91. The number of para-hydroxylation sites is 1. The molecule has 0 fully saturated rings. The molecule has 0 spiro atoms. The van der Waals surface area contributed by atoms with Gasteiger partial charge in [-0.1, -0.05) is 19.9 Å². The molecular formula is C13H17N3O3S2. The Labute approximate surface area is 127 Å². The van der Waals surface area contributed by atoms with Crippen molar-refractivity contribution in [1.82, 2.24) is 9.55 Å². The number of hydrogen-bond donors (Lipinski definition) is 2. The summed E-state index contributed by atoms with van der Waals surface area (Å²) in [6.45, 7) is 3.72. The van der Waals surface area contributed by atoms with Crippen molar-refractivity contribution in [1.29, 1.82) is 0 Å². The number of nitrogens with two attached hydrogens (primary N) is 1. The lowest BCUT2D eigenvalue weighted by atomic mass is 10.0. The number of aromatic amines is 1. The molecule has 114 valence electrons. The molecule has 0 aliphatic rings. The highest BCUT2D eigenvalue weighted by Gasteiger charge is 2.26. The molecule has 1 heterocycles. The number of amides is 1. The van der Waals surface area contributed by atoms with Crippen molar-refractivity contribution in [3.63, 3.8) is 0 Å². The van der Waals surface area contributed by atoms with Crippen LogP contribution in [0.15, 0.2) is 23.1 Å². The Morgan fingerprint density at radius 3 is 2.48 bits per heavy atom. The van der Waals surface area contributed by atoms with Crippen LogP contribution >= 0.6 is 12.2 Å². The molecule has 0 radical (unpaired) electrons. The molecule has 8 heteroatoms. The van der Waals surface area contributed by atoms with E-state index in [2.05, 4.69) is 4.98 Å². The monoisotopic (exact) mass is 327 g/mol. The maximum Gasteiger partial charge on any atom is 0.240 e. The number of carbonyl (C=O) groups is 1. The average Bonchev–Trinajstić information content (AvgIpc) is 2.64. The first-order valence-corrected chi connectivity index (χ1v) is 8.67. The number of rotatable bonds is 4. The van der Waals surface area contributed by atoms with Crippen LogP contribution in [0.5, 0.6) is 0 Å². The van der Waals surface area contributed by atoms with Crippen LogP contribution in [-0.4, -0.2) is 30.1 Å². The first kappa shape index (κ1) is 15.7. The summed E-state index contributed by atoms with van der Waals surface area (Å²) >= 11 is 5.25. The van der Waals surface area contributed by atoms with Gasteiger partial charge in [-0.15, -0.1) is 0 Å². The van der Waals surface area contributed by atoms with Gasteiger partial charge in [0.25, 0.3) is 0 Å². The Morgan fingerprint density at radius 1 is 1.38 bits per heavy atom. The minimum atomic E-state index is -3.41. The quantitative estimate of drug-likeness (QED) is 0.836. The largest absolute Gasteiger partial charge is 0.368 e. The summed E-state index contributed by atoms with van der Waals surface area (Å²) in [6, 6.07) is 4.20. The predicted molar refractivity (Wildman–Crippen MR) is 83.3 cm³/mol. The second-order valence-electron chi connectivity index (χ2n) is 5.31. The van der Waals surface area contributed by atoms with Gasteiger partial charge in [0.2, 0.25) is 5.91 Å². The number of fused-ring (bicyclic) bond motifs is 1. The minimum absolute atomic E-state index is 0.0740. The molecule has 0 aliphatic heterocycles. The fourth-order valence-electron chi connectivity index (χ4n) is 2.46. The van der Waals surface area contributed by atoms with E-state index in [9.17, 15) is 13.2 Å². The van der Waals surface area contributed by atoms with E-state index < -0.39 is 21.8 Å². The van der Waals surface area contributed by atoms with Crippen LogP contribution < -0.4 is 5.73 Å². The molecular weight excluding hydrogens is 310 g/mol.